The van der Waals surface area contributed by atoms with Crippen LogP contribution >= 0.6 is 0 Å². The van der Waals surface area contributed by atoms with Gasteiger partial charge in [0.2, 0.25) is 0 Å². The molecule has 30 heavy (non-hydrogen) atoms. The lowest BCUT2D eigenvalue weighted by Crippen LogP contribution is -2.39. The van der Waals surface area contributed by atoms with Gasteiger partial charge in [-0.2, -0.15) is 0 Å². The number of aromatic carboxylic acids is 1. The summed E-state index contributed by atoms with van der Waals surface area (Å²) in [4.78, 5) is 37.7. The molecule has 0 fully saturated rings. The number of carbonyl (C=O) groups excluding carboxylic acids is 2. The van der Waals surface area contributed by atoms with Crippen LogP contribution in [0, 0.1) is 0 Å². The predicted octanol–water partition coefficient (Wildman–Crippen LogP) is 2.82. The molecule has 2 unspecified atom stereocenters. The predicted molar refractivity (Wildman–Crippen MR) is 114 cm³/mol. The second-order valence-electron chi connectivity index (χ2n) is 6.80. The molecule has 2 aromatic rings. The molecule has 0 spiro atoms. The van der Waals surface area contributed by atoms with Crippen molar-refractivity contribution in [3.8, 4) is 5.75 Å². The van der Waals surface area contributed by atoms with Crippen molar-refractivity contribution in [1.82, 2.24) is 0 Å². The molecular weight excluding hydrogens is 406 g/mol. The maximum Gasteiger partial charge on any atom is 0.335 e. The normalized spacial score (nSPS) is 15.0. The molecule has 3 rings (SSSR count). The minimum Gasteiger partial charge on any atom is -0.482 e. The van der Waals surface area contributed by atoms with Crippen LogP contribution < -0.4 is 9.64 Å². The number of ketones is 1. The topological polar surface area (TPSA) is 101 Å². The highest BCUT2D eigenvalue weighted by molar-refractivity contribution is 7.85. The minimum absolute atomic E-state index is 0.0587. The van der Waals surface area contributed by atoms with Crippen LogP contribution in [0.15, 0.2) is 55.1 Å². The van der Waals surface area contributed by atoms with Gasteiger partial charge in [0.05, 0.1) is 16.5 Å². The maximum atomic E-state index is 12.9. The highest BCUT2D eigenvalue weighted by atomic mass is 32.2. The standard InChI is InChI=1S/C22H21NO6S/c1-3-9-23-18-11-16(7-8-19(18)29-12-20(23)24)21(25)14(2)30(28)13-15-5-4-6-17(10-15)22(26)27/h3-8,10-11,14H,1,9,12-13H2,2H3,(H,26,27). The Morgan fingerprint density at radius 2 is 2.03 bits per heavy atom. The van der Waals surface area contributed by atoms with Crippen LogP contribution in [0.25, 0.3) is 0 Å². The second-order valence-corrected chi connectivity index (χ2v) is 8.56. The first kappa shape index (κ1) is 21.4. The molecule has 0 aromatic heterocycles. The number of anilines is 1. The van der Waals surface area contributed by atoms with E-state index in [2.05, 4.69) is 6.58 Å². The monoisotopic (exact) mass is 427 g/mol. The fourth-order valence-corrected chi connectivity index (χ4v) is 4.26. The van der Waals surface area contributed by atoms with Crippen molar-refractivity contribution in [2.45, 2.75) is 17.9 Å². The fraction of sp³-hybridized carbons (Fsp3) is 0.227. The Hall–Kier alpha value is -3.26. The average molecular weight is 427 g/mol. The summed E-state index contributed by atoms with van der Waals surface area (Å²) in [7, 11) is -1.56. The number of carbonyl (C=O) groups is 3. The summed E-state index contributed by atoms with van der Waals surface area (Å²) in [5.74, 6) is -1.08. The smallest absolute Gasteiger partial charge is 0.335 e. The van der Waals surface area contributed by atoms with Gasteiger partial charge >= 0.3 is 5.97 Å². The third-order valence-electron chi connectivity index (χ3n) is 4.74. The summed E-state index contributed by atoms with van der Waals surface area (Å²) in [6.45, 7) is 5.43. The van der Waals surface area contributed by atoms with Gasteiger partial charge in [-0.15, -0.1) is 6.58 Å². The molecule has 7 nitrogen and oxygen atoms in total. The highest BCUT2D eigenvalue weighted by Crippen LogP contribution is 2.33. The molecule has 8 heteroatoms. The molecule has 156 valence electrons. The van der Waals surface area contributed by atoms with Crippen LogP contribution in [0.5, 0.6) is 5.75 Å². The lowest BCUT2D eigenvalue weighted by atomic mass is 10.1. The average Bonchev–Trinajstić information content (AvgIpc) is 2.74. The molecule has 2 atom stereocenters. The summed E-state index contributed by atoms with van der Waals surface area (Å²) >= 11 is 0. The zero-order chi connectivity index (χ0) is 21.8. The van der Waals surface area contributed by atoms with Gasteiger partial charge in [0, 0.05) is 28.7 Å². The van der Waals surface area contributed by atoms with Crippen molar-refractivity contribution in [2.75, 3.05) is 18.1 Å². The van der Waals surface area contributed by atoms with Crippen LogP contribution in [0.3, 0.4) is 0 Å². The fourth-order valence-electron chi connectivity index (χ4n) is 3.12. The number of carboxylic acid groups (broad SMARTS) is 1. The van der Waals surface area contributed by atoms with Gasteiger partial charge in [-0.25, -0.2) is 4.79 Å². The zero-order valence-corrected chi connectivity index (χ0v) is 17.2. The van der Waals surface area contributed by atoms with Gasteiger partial charge in [0.15, 0.2) is 12.4 Å². The largest absolute Gasteiger partial charge is 0.482 e. The Labute approximate surface area is 176 Å². The van der Waals surface area contributed by atoms with E-state index in [1.54, 1.807) is 43.3 Å². The molecular formula is C22H21NO6S. The first-order valence-electron chi connectivity index (χ1n) is 9.23. The molecule has 0 saturated heterocycles. The maximum absolute atomic E-state index is 12.9. The molecule has 1 heterocycles. The molecule has 0 saturated carbocycles. The summed E-state index contributed by atoms with van der Waals surface area (Å²) in [6, 6.07) is 10.9. The summed E-state index contributed by atoms with van der Waals surface area (Å²) in [5, 5.41) is 8.28. The number of hydrogen-bond donors (Lipinski definition) is 1. The van der Waals surface area contributed by atoms with Gasteiger partial charge < -0.3 is 14.7 Å². The number of nitrogens with zero attached hydrogens (tertiary/aromatic N) is 1. The molecule has 2 aromatic carbocycles. The number of Topliss-reactive ketones (excluding diaryl/α,β-unsaturated/α-hetero) is 1. The van der Waals surface area contributed by atoms with Crippen molar-refractivity contribution in [3.63, 3.8) is 0 Å². The quantitative estimate of drug-likeness (QED) is 0.514. The van der Waals surface area contributed by atoms with Crippen LogP contribution in [-0.2, 0) is 21.3 Å². The first-order chi connectivity index (χ1) is 14.3. The van der Waals surface area contributed by atoms with Gasteiger partial charge in [-0.05, 0) is 42.8 Å². The number of benzene rings is 2. The van der Waals surface area contributed by atoms with E-state index in [1.807, 2.05) is 0 Å². The molecule has 0 bridgehead atoms. The molecule has 0 aliphatic carbocycles. The number of fused-ring (bicyclic) bond motifs is 1. The van der Waals surface area contributed by atoms with Gasteiger partial charge in [0.25, 0.3) is 5.91 Å². The highest BCUT2D eigenvalue weighted by Gasteiger charge is 2.28. The lowest BCUT2D eigenvalue weighted by molar-refractivity contribution is -0.121. The van der Waals surface area contributed by atoms with E-state index in [-0.39, 0.29) is 36.2 Å². The summed E-state index contributed by atoms with van der Waals surface area (Å²) < 4.78 is 18.2. The van der Waals surface area contributed by atoms with Crippen LogP contribution in [-0.4, -0.2) is 45.4 Å². The Morgan fingerprint density at radius 1 is 1.27 bits per heavy atom. The minimum atomic E-state index is -1.56. The van der Waals surface area contributed by atoms with Crippen molar-refractivity contribution in [3.05, 3.63) is 71.8 Å². The van der Waals surface area contributed by atoms with Crippen molar-refractivity contribution in [2.24, 2.45) is 0 Å². The van der Waals surface area contributed by atoms with Gasteiger partial charge in [-0.3, -0.25) is 13.8 Å². The van der Waals surface area contributed by atoms with Crippen LogP contribution in [0.4, 0.5) is 5.69 Å². The van der Waals surface area contributed by atoms with E-state index in [9.17, 15) is 18.6 Å². The van der Waals surface area contributed by atoms with Gasteiger partial charge in [-0.1, -0.05) is 18.2 Å². The van der Waals surface area contributed by atoms with E-state index in [0.717, 1.165) is 0 Å². The van der Waals surface area contributed by atoms with E-state index >= 15 is 0 Å². The van der Waals surface area contributed by atoms with E-state index in [4.69, 9.17) is 9.84 Å². The third-order valence-corrected chi connectivity index (χ3v) is 6.37. The SMILES string of the molecule is C=CCN1C(=O)COc2ccc(C(=O)C(C)S(=O)Cc3cccc(C(=O)O)c3)cc21. The Morgan fingerprint density at radius 3 is 2.73 bits per heavy atom. The molecule has 1 N–H and O–H groups in total. The van der Waals surface area contributed by atoms with Crippen LogP contribution in [0.1, 0.15) is 33.2 Å². The van der Waals surface area contributed by atoms with Crippen molar-refractivity contribution in [1.29, 1.82) is 0 Å². The summed E-state index contributed by atoms with van der Waals surface area (Å²) in [5.41, 5.74) is 1.48. The number of hydrogen-bond acceptors (Lipinski definition) is 5. The van der Waals surface area contributed by atoms with E-state index in [0.29, 0.717) is 22.6 Å². The number of carboxylic acids is 1. The van der Waals surface area contributed by atoms with E-state index in [1.165, 1.54) is 17.0 Å². The number of amides is 1. The molecule has 1 aliphatic rings. The van der Waals surface area contributed by atoms with Gasteiger partial charge in [0.1, 0.15) is 5.75 Å². The summed E-state index contributed by atoms with van der Waals surface area (Å²) in [6.07, 6.45) is 1.59. The molecule has 1 amide bonds. The zero-order valence-electron chi connectivity index (χ0n) is 16.4. The molecule has 1 aliphatic heterocycles. The Balaban J connectivity index is 1.80. The third kappa shape index (κ3) is 4.49. The van der Waals surface area contributed by atoms with Crippen molar-refractivity contribution >= 4 is 34.1 Å². The lowest BCUT2D eigenvalue weighted by Gasteiger charge is -2.29. The Kier molecular flexibility index (Phi) is 6.47. The Bertz CT molecular complexity index is 1050. The second kappa shape index (κ2) is 9.04. The molecule has 0 radical (unpaired) electrons. The van der Waals surface area contributed by atoms with E-state index < -0.39 is 22.0 Å². The van der Waals surface area contributed by atoms with Crippen LogP contribution in [0.2, 0.25) is 0 Å². The first-order valence-corrected chi connectivity index (χ1v) is 10.6. The number of rotatable bonds is 8. The van der Waals surface area contributed by atoms with Crippen molar-refractivity contribution < 1.29 is 28.4 Å². The number of ether oxygens (including phenoxy) is 1.